The third-order valence-corrected chi connectivity index (χ3v) is 5.45. The first kappa shape index (κ1) is 30.3. The van der Waals surface area contributed by atoms with Crippen LogP contribution in [0.4, 0.5) is 5.69 Å². The van der Waals surface area contributed by atoms with Gasteiger partial charge in [-0.2, -0.15) is 0 Å². The Morgan fingerprint density at radius 1 is 1.18 bits per heavy atom. The molecule has 0 bridgehead atoms. The number of nitrogens with zero attached hydrogens (tertiary/aromatic N) is 2. The van der Waals surface area contributed by atoms with Crippen molar-refractivity contribution in [2.24, 2.45) is 4.99 Å². The van der Waals surface area contributed by atoms with E-state index in [4.69, 9.17) is 4.74 Å². The monoisotopic (exact) mass is 530 g/mol. The van der Waals surface area contributed by atoms with Gasteiger partial charge in [-0.1, -0.05) is 36.9 Å². The molecule has 1 aromatic carbocycles. The van der Waals surface area contributed by atoms with Crippen LogP contribution in [0.1, 0.15) is 18.4 Å². The Bertz CT molecular complexity index is 1050. The van der Waals surface area contributed by atoms with Crippen molar-refractivity contribution in [3.05, 3.63) is 71.7 Å². The fraction of sp³-hybridized carbons (Fsp3) is 0.370. The highest BCUT2D eigenvalue weighted by atomic mass is 16.6. The number of esters is 2. The average molecular weight is 531 g/mol. The lowest BCUT2D eigenvalue weighted by Gasteiger charge is -2.22. The van der Waals surface area contributed by atoms with Crippen LogP contribution in [0.5, 0.6) is 0 Å². The van der Waals surface area contributed by atoms with Crippen molar-refractivity contribution in [3.8, 4) is 0 Å². The zero-order chi connectivity index (χ0) is 27.9. The van der Waals surface area contributed by atoms with E-state index in [-0.39, 0.29) is 19.6 Å². The lowest BCUT2D eigenvalue weighted by Crippen LogP contribution is -2.33. The van der Waals surface area contributed by atoms with Crippen LogP contribution >= 0.6 is 0 Å². The number of aliphatic hydroxyl groups excluding tert-OH is 5. The summed E-state index contributed by atoms with van der Waals surface area (Å²) in [4.78, 5) is 29.1. The normalized spacial score (nSPS) is 16.8. The number of aliphatic hydroxyl groups is 5. The Balaban J connectivity index is 1.73. The van der Waals surface area contributed by atoms with Crippen LogP contribution in [0.15, 0.2) is 71.2 Å². The van der Waals surface area contributed by atoms with Gasteiger partial charge < -0.3 is 39.9 Å². The van der Waals surface area contributed by atoms with E-state index in [0.29, 0.717) is 26.1 Å². The molecule has 2 rings (SSSR count). The molecule has 0 saturated heterocycles. The molecular weight excluding hydrogens is 496 g/mol. The van der Waals surface area contributed by atoms with Gasteiger partial charge >= 0.3 is 11.9 Å². The van der Waals surface area contributed by atoms with E-state index >= 15 is 0 Å². The summed E-state index contributed by atoms with van der Waals surface area (Å²) >= 11 is 0. The second kappa shape index (κ2) is 16.0. The van der Waals surface area contributed by atoms with Crippen molar-refractivity contribution in [2.75, 3.05) is 44.4 Å². The number of benzene rings is 1. The predicted molar refractivity (Wildman–Crippen MR) is 142 cm³/mol. The number of allylic oxidation sites excluding steroid dienone is 4. The van der Waals surface area contributed by atoms with Crippen LogP contribution in [0.3, 0.4) is 0 Å². The van der Waals surface area contributed by atoms with Gasteiger partial charge in [-0.25, -0.2) is 4.79 Å². The molecular formula is C27H34N2O9. The zero-order valence-electron chi connectivity index (χ0n) is 21.0. The second-order valence-electron chi connectivity index (χ2n) is 8.20. The molecule has 0 aliphatic carbocycles. The quantitative estimate of drug-likeness (QED) is 0.0916. The van der Waals surface area contributed by atoms with Gasteiger partial charge in [-0.05, 0) is 35.8 Å². The molecule has 0 fully saturated rings. The van der Waals surface area contributed by atoms with E-state index in [1.165, 1.54) is 0 Å². The molecule has 0 radical (unpaired) electrons. The van der Waals surface area contributed by atoms with Crippen LogP contribution in [0, 0.1) is 0 Å². The largest absolute Gasteiger partial charge is 0.505 e. The summed E-state index contributed by atoms with van der Waals surface area (Å²) in [5.74, 6) is -3.52. The standard InChI is InChI=1S/C27H34N2O9/c1-2-19(5-6-20-7-9-21(10-8-20)29(14-16-30)15-17-31)11-13-28-12-3-4-23(33)37-18-22(32)26-24(34)25(35)27(36)38-26/h2,5-11,13,22,26,30-32,34-35H,1,3-4,12,14-18H2/b6-5+,19-11+,28-13?. The summed E-state index contributed by atoms with van der Waals surface area (Å²) in [6.07, 6.45) is 6.32. The molecule has 0 saturated carbocycles. The number of anilines is 1. The lowest BCUT2D eigenvalue weighted by atomic mass is 10.1. The van der Waals surface area contributed by atoms with Gasteiger partial charge in [0.05, 0.1) is 13.2 Å². The molecule has 1 aliphatic rings. The summed E-state index contributed by atoms with van der Waals surface area (Å²) in [7, 11) is 0. The number of cyclic esters (lactones) is 1. The van der Waals surface area contributed by atoms with Gasteiger partial charge in [0.1, 0.15) is 12.7 Å². The molecule has 2 atom stereocenters. The third kappa shape index (κ3) is 9.51. The Morgan fingerprint density at radius 2 is 1.87 bits per heavy atom. The van der Waals surface area contributed by atoms with Crippen LogP contribution in [-0.4, -0.2) is 95.3 Å². The highest BCUT2D eigenvalue weighted by Crippen LogP contribution is 2.21. The van der Waals surface area contributed by atoms with E-state index < -0.39 is 42.3 Å². The van der Waals surface area contributed by atoms with E-state index in [9.17, 15) is 35.1 Å². The molecule has 0 amide bonds. The smallest absolute Gasteiger partial charge is 0.377 e. The Hall–Kier alpha value is -3.93. The minimum absolute atomic E-state index is 0.00206. The molecule has 1 aliphatic heterocycles. The molecule has 2 unspecified atom stereocenters. The molecule has 1 heterocycles. The van der Waals surface area contributed by atoms with Crippen molar-refractivity contribution in [2.45, 2.75) is 25.0 Å². The molecule has 206 valence electrons. The summed E-state index contributed by atoms with van der Waals surface area (Å²) in [6.45, 7) is 4.52. The lowest BCUT2D eigenvalue weighted by molar-refractivity contribution is -0.154. The number of hydrogen-bond acceptors (Lipinski definition) is 11. The number of rotatable bonds is 16. The maximum absolute atomic E-state index is 11.8. The number of aliphatic imine (C=N–C) groups is 1. The van der Waals surface area contributed by atoms with Crippen LogP contribution in [0.25, 0.3) is 6.08 Å². The Morgan fingerprint density at radius 3 is 2.45 bits per heavy atom. The van der Waals surface area contributed by atoms with Gasteiger partial charge in [0, 0.05) is 38.0 Å². The summed E-state index contributed by atoms with van der Waals surface area (Å²) in [5, 5.41) is 47.0. The minimum atomic E-state index is -1.51. The van der Waals surface area contributed by atoms with E-state index in [0.717, 1.165) is 16.8 Å². The highest BCUT2D eigenvalue weighted by Gasteiger charge is 2.39. The maximum atomic E-state index is 11.8. The number of carbonyl (C=O) groups is 2. The predicted octanol–water partition coefficient (Wildman–Crippen LogP) is 1.61. The maximum Gasteiger partial charge on any atom is 0.377 e. The first-order chi connectivity index (χ1) is 18.3. The van der Waals surface area contributed by atoms with Gasteiger partial charge in [-0.15, -0.1) is 0 Å². The number of ether oxygens (including phenoxy) is 2. The fourth-order valence-electron chi connectivity index (χ4n) is 3.38. The van der Waals surface area contributed by atoms with Crippen LogP contribution in [0.2, 0.25) is 0 Å². The van der Waals surface area contributed by atoms with Crippen molar-refractivity contribution < 1.29 is 44.6 Å². The minimum Gasteiger partial charge on any atom is -0.505 e. The molecule has 5 N–H and O–H groups in total. The summed E-state index contributed by atoms with van der Waals surface area (Å²) in [5.41, 5.74) is 2.70. The first-order valence-electron chi connectivity index (χ1n) is 12.0. The highest BCUT2D eigenvalue weighted by molar-refractivity contribution is 5.89. The van der Waals surface area contributed by atoms with Crippen molar-refractivity contribution in [3.63, 3.8) is 0 Å². The molecule has 0 spiro atoms. The molecule has 11 heteroatoms. The summed E-state index contributed by atoms with van der Waals surface area (Å²) in [6, 6.07) is 7.71. The first-order valence-corrected chi connectivity index (χ1v) is 12.0. The van der Waals surface area contributed by atoms with Gasteiger partial charge in [0.25, 0.3) is 0 Å². The van der Waals surface area contributed by atoms with Gasteiger partial charge in [-0.3, -0.25) is 9.79 Å². The number of hydrogen-bond donors (Lipinski definition) is 5. The fourth-order valence-corrected chi connectivity index (χ4v) is 3.38. The van der Waals surface area contributed by atoms with Crippen molar-refractivity contribution in [1.29, 1.82) is 0 Å². The van der Waals surface area contributed by atoms with Crippen molar-refractivity contribution >= 4 is 29.9 Å². The second-order valence-corrected chi connectivity index (χ2v) is 8.20. The zero-order valence-corrected chi connectivity index (χ0v) is 21.0. The molecule has 1 aromatic rings. The molecule has 38 heavy (non-hydrogen) atoms. The Kier molecular flexibility index (Phi) is 12.8. The summed E-state index contributed by atoms with van der Waals surface area (Å²) < 4.78 is 9.51. The third-order valence-electron chi connectivity index (χ3n) is 5.45. The van der Waals surface area contributed by atoms with E-state index in [1.807, 2.05) is 41.3 Å². The van der Waals surface area contributed by atoms with Crippen LogP contribution < -0.4 is 4.90 Å². The van der Waals surface area contributed by atoms with Gasteiger partial charge in [0.15, 0.2) is 11.9 Å². The SMILES string of the molecule is C=CC(/C=C/c1ccc(N(CCO)CCO)cc1)=C\C=NCCCC(=O)OCC(O)C1OC(=O)C(O)=C1O. The van der Waals surface area contributed by atoms with E-state index in [1.54, 1.807) is 18.4 Å². The van der Waals surface area contributed by atoms with Gasteiger partial charge in [0.2, 0.25) is 5.76 Å². The van der Waals surface area contributed by atoms with E-state index in [2.05, 4.69) is 16.3 Å². The average Bonchev–Trinajstić information content (AvgIpc) is 3.18. The molecule has 0 aromatic heterocycles. The van der Waals surface area contributed by atoms with Crippen molar-refractivity contribution in [1.82, 2.24) is 0 Å². The number of carbonyl (C=O) groups excluding carboxylic acids is 2. The topological polar surface area (TPSA) is 169 Å². The Labute approximate surface area is 221 Å². The molecule has 11 nitrogen and oxygen atoms in total. The van der Waals surface area contributed by atoms with Crippen LogP contribution in [-0.2, 0) is 19.1 Å².